The summed E-state index contributed by atoms with van der Waals surface area (Å²) in [5, 5.41) is 3.36. The molecular formula is C15H23BrN2O2. The molecule has 1 aromatic carbocycles. The first kappa shape index (κ1) is 15.8. The van der Waals surface area contributed by atoms with Crippen LogP contribution in [-0.2, 0) is 16.0 Å². The second kappa shape index (κ2) is 7.98. The van der Waals surface area contributed by atoms with E-state index in [0.717, 1.165) is 43.7 Å². The summed E-state index contributed by atoms with van der Waals surface area (Å²) in [4.78, 5) is 2.38. The molecule has 1 aliphatic heterocycles. The summed E-state index contributed by atoms with van der Waals surface area (Å²) in [6, 6.07) is 6.57. The highest BCUT2D eigenvalue weighted by atomic mass is 79.9. The number of nitrogens with zero attached hydrogens (tertiary/aromatic N) is 1. The van der Waals surface area contributed by atoms with Crippen LogP contribution in [0.5, 0.6) is 0 Å². The van der Waals surface area contributed by atoms with Crippen molar-refractivity contribution in [2.45, 2.75) is 19.1 Å². The summed E-state index contributed by atoms with van der Waals surface area (Å²) in [7, 11) is 3.51. The second-order valence-corrected chi connectivity index (χ2v) is 5.89. The molecule has 2 rings (SSSR count). The van der Waals surface area contributed by atoms with Gasteiger partial charge < -0.3 is 19.7 Å². The van der Waals surface area contributed by atoms with E-state index in [4.69, 9.17) is 9.47 Å². The van der Waals surface area contributed by atoms with Crippen LogP contribution < -0.4 is 10.2 Å². The van der Waals surface area contributed by atoms with E-state index in [2.05, 4.69) is 44.3 Å². The molecule has 4 nitrogen and oxygen atoms in total. The van der Waals surface area contributed by atoms with Gasteiger partial charge in [0.1, 0.15) is 0 Å². The molecule has 0 aromatic heterocycles. The number of hydrogen-bond acceptors (Lipinski definition) is 4. The monoisotopic (exact) mass is 342 g/mol. The molecular weight excluding hydrogens is 320 g/mol. The first-order chi connectivity index (χ1) is 9.74. The Balaban J connectivity index is 1.92. The molecule has 20 heavy (non-hydrogen) atoms. The van der Waals surface area contributed by atoms with E-state index in [0.29, 0.717) is 6.10 Å². The maximum absolute atomic E-state index is 5.42. The molecule has 0 amide bonds. The van der Waals surface area contributed by atoms with Crippen LogP contribution in [0.15, 0.2) is 22.7 Å². The number of methoxy groups -OCH3 is 2. The van der Waals surface area contributed by atoms with Gasteiger partial charge in [-0.1, -0.05) is 22.0 Å². The molecule has 0 bridgehead atoms. The summed E-state index contributed by atoms with van der Waals surface area (Å²) in [5.74, 6) is 0. The van der Waals surface area contributed by atoms with Crippen molar-refractivity contribution in [3.63, 3.8) is 0 Å². The lowest BCUT2D eigenvalue weighted by atomic mass is 10.2. The first-order valence-electron chi connectivity index (χ1n) is 7.00. The van der Waals surface area contributed by atoms with Gasteiger partial charge in [0.2, 0.25) is 0 Å². The highest BCUT2D eigenvalue weighted by Crippen LogP contribution is 2.27. The van der Waals surface area contributed by atoms with Gasteiger partial charge in [0, 0.05) is 50.6 Å². The molecule has 1 aromatic rings. The van der Waals surface area contributed by atoms with E-state index >= 15 is 0 Å². The Morgan fingerprint density at radius 3 is 2.90 bits per heavy atom. The molecule has 0 radical (unpaired) electrons. The standard InChI is InChI=1S/C15H23BrN2O2/c1-19-8-6-17-10-12-3-4-13(9-15(12)16)18-7-5-14(11-18)20-2/h3-4,9,14,17H,5-8,10-11H2,1-2H3. The van der Waals surface area contributed by atoms with Crippen LogP contribution in [0, 0.1) is 0 Å². The van der Waals surface area contributed by atoms with Crippen molar-refractivity contribution in [2.24, 2.45) is 0 Å². The average Bonchev–Trinajstić information content (AvgIpc) is 2.94. The minimum atomic E-state index is 0.365. The van der Waals surface area contributed by atoms with E-state index in [1.54, 1.807) is 14.2 Å². The zero-order valence-electron chi connectivity index (χ0n) is 12.2. The number of hydrogen-bond donors (Lipinski definition) is 1. The molecule has 1 unspecified atom stereocenters. The van der Waals surface area contributed by atoms with Gasteiger partial charge >= 0.3 is 0 Å². The van der Waals surface area contributed by atoms with Gasteiger partial charge in [-0.15, -0.1) is 0 Å². The van der Waals surface area contributed by atoms with Crippen molar-refractivity contribution in [2.75, 3.05) is 45.4 Å². The zero-order valence-corrected chi connectivity index (χ0v) is 13.8. The van der Waals surface area contributed by atoms with Gasteiger partial charge in [0.25, 0.3) is 0 Å². The number of ether oxygens (including phenoxy) is 2. The molecule has 0 aliphatic carbocycles. The molecule has 1 aliphatic rings. The number of rotatable bonds is 7. The summed E-state index contributed by atoms with van der Waals surface area (Å²) < 4.78 is 11.6. The van der Waals surface area contributed by atoms with E-state index in [1.807, 2.05) is 0 Å². The van der Waals surface area contributed by atoms with Crippen molar-refractivity contribution >= 4 is 21.6 Å². The van der Waals surface area contributed by atoms with Crippen LogP contribution in [0.1, 0.15) is 12.0 Å². The molecule has 5 heteroatoms. The highest BCUT2D eigenvalue weighted by Gasteiger charge is 2.22. The molecule has 1 saturated heterocycles. The van der Waals surface area contributed by atoms with Crippen molar-refractivity contribution in [1.82, 2.24) is 5.32 Å². The molecule has 1 atom stereocenters. The van der Waals surface area contributed by atoms with E-state index in [-0.39, 0.29) is 0 Å². The van der Waals surface area contributed by atoms with E-state index in [1.165, 1.54) is 11.3 Å². The van der Waals surface area contributed by atoms with Crippen molar-refractivity contribution < 1.29 is 9.47 Å². The van der Waals surface area contributed by atoms with Gasteiger partial charge in [0.15, 0.2) is 0 Å². The van der Waals surface area contributed by atoms with E-state index < -0.39 is 0 Å². The molecule has 112 valence electrons. The quantitative estimate of drug-likeness (QED) is 0.771. The Kier molecular flexibility index (Phi) is 6.29. The fraction of sp³-hybridized carbons (Fsp3) is 0.600. The van der Waals surface area contributed by atoms with E-state index in [9.17, 15) is 0 Å². The first-order valence-corrected chi connectivity index (χ1v) is 7.79. The van der Waals surface area contributed by atoms with Crippen molar-refractivity contribution in [1.29, 1.82) is 0 Å². The van der Waals surface area contributed by atoms with Crippen LogP contribution in [0.25, 0.3) is 0 Å². The number of nitrogens with one attached hydrogen (secondary N) is 1. The van der Waals surface area contributed by atoms with Crippen LogP contribution >= 0.6 is 15.9 Å². The summed E-state index contributed by atoms with van der Waals surface area (Å²) in [6.45, 7) is 4.50. The topological polar surface area (TPSA) is 33.7 Å². The van der Waals surface area contributed by atoms with Gasteiger partial charge in [-0.3, -0.25) is 0 Å². The lowest BCUT2D eigenvalue weighted by Gasteiger charge is -2.19. The lowest BCUT2D eigenvalue weighted by Crippen LogP contribution is -2.22. The highest BCUT2D eigenvalue weighted by molar-refractivity contribution is 9.10. The Hall–Kier alpha value is -0.620. The predicted molar refractivity (Wildman–Crippen MR) is 85.4 cm³/mol. The Morgan fingerprint density at radius 1 is 1.40 bits per heavy atom. The fourth-order valence-corrected chi connectivity index (χ4v) is 2.94. The molecule has 0 saturated carbocycles. The normalized spacial score (nSPS) is 18.8. The summed E-state index contributed by atoms with van der Waals surface area (Å²) in [5.41, 5.74) is 2.53. The molecule has 1 heterocycles. The van der Waals surface area contributed by atoms with Gasteiger partial charge in [-0.25, -0.2) is 0 Å². The number of anilines is 1. The largest absolute Gasteiger partial charge is 0.383 e. The Morgan fingerprint density at radius 2 is 2.25 bits per heavy atom. The van der Waals surface area contributed by atoms with Crippen molar-refractivity contribution in [3.8, 4) is 0 Å². The zero-order chi connectivity index (χ0) is 14.4. The predicted octanol–water partition coefficient (Wildman–Crippen LogP) is 2.41. The van der Waals surface area contributed by atoms with Crippen LogP contribution in [0.2, 0.25) is 0 Å². The molecule has 1 fully saturated rings. The minimum absolute atomic E-state index is 0.365. The number of benzene rings is 1. The maximum Gasteiger partial charge on any atom is 0.0762 e. The van der Waals surface area contributed by atoms with Gasteiger partial charge in [-0.2, -0.15) is 0 Å². The Bertz CT molecular complexity index is 428. The minimum Gasteiger partial charge on any atom is -0.383 e. The average molecular weight is 343 g/mol. The molecule has 1 N–H and O–H groups in total. The maximum atomic E-state index is 5.42. The molecule has 0 spiro atoms. The number of halogens is 1. The summed E-state index contributed by atoms with van der Waals surface area (Å²) in [6.07, 6.45) is 1.47. The Labute approximate surface area is 129 Å². The lowest BCUT2D eigenvalue weighted by molar-refractivity contribution is 0.121. The van der Waals surface area contributed by atoms with Crippen LogP contribution in [0.4, 0.5) is 5.69 Å². The van der Waals surface area contributed by atoms with Crippen LogP contribution in [0.3, 0.4) is 0 Å². The van der Waals surface area contributed by atoms with Gasteiger partial charge in [0.05, 0.1) is 12.7 Å². The SMILES string of the molecule is COCCNCc1ccc(N2CCC(OC)C2)cc1Br. The van der Waals surface area contributed by atoms with Crippen LogP contribution in [-0.4, -0.2) is 46.6 Å². The fourth-order valence-electron chi connectivity index (χ4n) is 2.43. The third-order valence-electron chi connectivity index (χ3n) is 3.68. The smallest absolute Gasteiger partial charge is 0.0762 e. The second-order valence-electron chi connectivity index (χ2n) is 5.04. The summed E-state index contributed by atoms with van der Waals surface area (Å²) >= 11 is 3.67. The third-order valence-corrected chi connectivity index (χ3v) is 4.42. The third kappa shape index (κ3) is 4.19. The van der Waals surface area contributed by atoms with Gasteiger partial charge in [-0.05, 0) is 24.1 Å². The van der Waals surface area contributed by atoms with Crippen molar-refractivity contribution in [3.05, 3.63) is 28.2 Å².